The molecule has 0 bridgehead atoms. The molecule has 20 heavy (non-hydrogen) atoms. The van der Waals surface area contributed by atoms with Crippen molar-refractivity contribution >= 4 is 0 Å². The monoisotopic (exact) mass is 278 g/mol. The van der Waals surface area contributed by atoms with Crippen molar-refractivity contribution in [3.63, 3.8) is 0 Å². The fraction of sp³-hybridized carbons (Fsp3) is 0.625. The normalized spacial score (nSPS) is 22.4. The van der Waals surface area contributed by atoms with Gasteiger partial charge in [-0.3, -0.25) is 4.90 Å². The zero-order valence-corrected chi connectivity index (χ0v) is 12.5. The van der Waals surface area contributed by atoms with Gasteiger partial charge in [0, 0.05) is 19.2 Å². The van der Waals surface area contributed by atoms with Crippen LogP contribution in [-0.4, -0.2) is 50.4 Å². The van der Waals surface area contributed by atoms with Crippen molar-refractivity contribution in [3.8, 4) is 5.75 Å². The summed E-state index contributed by atoms with van der Waals surface area (Å²) in [4.78, 5) is 2.33. The Bertz CT molecular complexity index is 394. The fourth-order valence-electron chi connectivity index (χ4n) is 2.69. The van der Waals surface area contributed by atoms with Crippen LogP contribution in [0.4, 0.5) is 0 Å². The van der Waals surface area contributed by atoms with Crippen LogP contribution in [0, 0.1) is 0 Å². The lowest BCUT2D eigenvalue weighted by Crippen LogP contribution is -2.39. The lowest BCUT2D eigenvalue weighted by atomic mass is 10.1. The molecule has 0 saturated carbocycles. The molecule has 1 aromatic carbocycles. The van der Waals surface area contributed by atoms with Gasteiger partial charge in [0.15, 0.2) is 0 Å². The Labute approximate surface area is 121 Å². The van der Waals surface area contributed by atoms with Crippen molar-refractivity contribution in [2.24, 2.45) is 5.73 Å². The van der Waals surface area contributed by atoms with Gasteiger partial charge < -0.3 is 15.2 Å². The van der Waals surface area contributed by atoms with Gasteiger partial charge in [0.1, 0.15) is 12.4 Å². The second-order valence-electron chi connectivity index (χ2n) is 5.44. The molecule has 2 atom stereocenters. The van der Waals surface area contributed by atoms with Gasteiger partial charge in [-0.1, -0.05) is 12.1 Å². The van der Waals surface area contributed by atoms with E-state index < -0.39 is 0 Å². The molecule has 1 heterocycles. The first-order chi connectivity index (χ1) is 9.70. The molecule has 1 aromatic rings. The van der Waals surface area contributed by atoms with E-state index in [0.717, 1.165) is 31.7 Å². The van der Waals surface area contributed by atoms with Crippen LogP contribution in [-0.2, 0) is 11.2 Å². The van der Waals surface area contributed by atoms with E-state index >= 15 is 0 Å². The molecule has 0 aliphatic carbocycles. The van der Waals surface area contributed by atoms with Crippen LogP contribution in [0.2, 0.25) is 0 Å². The van der Waals surface area contributed by atoms with Crippen molar-refractivity contribution in [1.82, 2.24) is 4.90 Å². The molecular weight excluding hydrogens is 252 g/mol. The van der Waals surface area contributed by atoms with E-state index in [2.05, 4.69) is 31.0 Å². The number of hydrogen-bond acceptors (Lipinski definition) is 4. The average molecular weight is 278 g/mol. The van der Waals surface area contributed by atoms with Crippen LogP contribution in [0.15, 0.2) is 24.3 Å². The predicted octanol–water partition coefficient (Wildman–Crippen LogP) is 1.68. The number of benzene rings is 1. The third kappa shape index (κ3) is 4.20. The molecule has 1 saturated heterocycles. The van der Waals surface area contributed by atoms with Crippen LogP contribution in [0.5, 0.6) is 5.75 Å². The molecule has 1 aliphatic rings. The van der Waals surface area contributed by atoms with E-state index in [-0.39, 0.29) is 0 Å². The predicted molar refractivity (Wildman–Crippen MR) is 81.1 cm³/mol. The molecule has 4 heteroatoms. The highest BCUT2D eigenvalue weighted by Crippen LogP contribution is 2.18. The van der Waals surface area contributed by atoms with Crippen LogP contribution in [0.25, 0.3) is 0 Å². The maximum absolute atomic E-state index is 5.79. The van der Waals surface area contributed by atoms with Gasteiger partial charge >= 0.3 is 0 Å². The molecule has 2 N–H and O–H groups in total. The number of ether oxygens (including phenoxy) is 2. The second kappa shape index (κ2) is 7.62. The highest BCUT2D eigenvalue weighted by Gasteiger charge is 2.27. The lowest BCUT2D eigenvalue weighted by molar-refractivity contribution is 0.0787. The SMILES string of the molecule is CC1OCCC1N(C)CCOc1ccc(CCN)cc1. The fourth-order valence-corrected chi connectivity index (χ4v) is 2.69. The van der Waals surface area contributed by atoms with E-state index in [4.69, 9.17) is 15.2 Å². The molecule has 0 amide bonds. The molecule has 2 unspecified atom stereocenters. The molecule has 1 aliphatic heterocycles. The van der Waals surface area contributed by atoms with Crippen LogP contribution in [0.3, 0.4) is 0 Å². The molecule has 0 radical (unpaired) electrons. The Hall–Kier alpha value is -1.10. The highest BCUT2D eigenvalue weighted by molar-refractivity contribution is 5.27. The van der Waals surface area contributed by atoms with Gasteiger partial charge in [-0.2, -0.15) is 0 Å². The minimum atomic E-state index is 0.329. The van der Waals surface area contributed by atoms with Gasteiger partial charge in [-0.15, -0.1) is 0 Å². The number of likely N-dealkylation sites (N-methyl/N-ethyl adjacent to an activating group) is 1. The summed E-state index contributed by atoms with van der Waals surface area (Å²) in [5.74, 6) is 0.926. The Kier molecular flexibility index (Phi) is 5.83. The number of hydrogen-bond donors (Lipinski definition) is 1. The molecule has 0 spiro atoms. The van der Waals surface area contributed by atoms with E-state index in [1.54, 1.807) is 0 Å². The molecule has 2 rings (SSSR count). The summed E-state index contributed by atoms with van der Waals surface area (Å²) in [6, 6.07) is 8.72. The smallest absolute Gasteiger partial charge is 0.119 e. The Morgan fingerprint density at radius 3 is 2.70 bits per heavy atom. The summed E-state index contributed by atoms with van der Waals surface area (Å²) in [7, 11) is 2.14. The summed E-state index contributed by atoms with van der Waals surface area (Å²) >= 11 is 0. The third-order valence-electron chi connectivity index (χ3n) is 3.97. The number of nitrogens with two attached hydrogens (primary N) is 1. The average Bonchev–Trinajstić information content (AvgIpc) is 2.87. The zero-order valence-electron chi connectivity index (χ0n) is 12.5. The van der Waals surface area contributed by atoms with Gasteiger partial charge in [0.2, 0.25) is 0 Å². The maximum atomic E-state index is 5.79. The van der Waals surface area contributed by atoms with Crippen molar-refractivity contribution in [2.45, 2.75) is 31.9 Å². The van der Waals surface area contributed by atoms with Crippen molar-refractivity contribution in [1.29, 1.82) is 0 Å². The topological polar surface area (TPSA) is 47.7 Å². The quantitative estimate of drug-likeness (QED) is 0.824. The van der Waals surface area contributed by atoms with Crippen LogP contribution >= 0.6 is 0 Å². The zero-order chi connectivity index (χ0) is 14.4. The first-order valence-electron chi connectivity index (χ1n) is 7.44. The van der Waals surface area contributed by atoms with E-state index in [9.17, 15) is 0 Å². The van der Waals surface area contributed by atoms with Crippen molar-refractivity contribution in [2.75, 3.05) is 33.4 Å². The summed E-state index contributed by atoms with van der Waals surface area (Å²) in [5.41, 5.74) is 6.79. The summed E-state index contributed by atoms with van der Waals surface area (Å²) in [6.45, 7) is 5.33. The minimum absolute atomic E-state index is 0.329. The van der Waals surface area contributed by atoms with E-state index in [0.29, 0.717) is 25.3 Å². The largest absolute Gasteiger partial charge is 0.492 e. The summed E-state index contributed by atoms with van der Waals surface area (Å²) in [5, 5.41) is 0. The molecule has 0 aromatic heterocycles. The van der Waals surface area contributed by atoms with Crippen LogP contribution < -0.4 is 10.5 Å². The highest BCUT2D eigenvalue weighted by atomic mass is 16.5. The van der Waals surface area contributed by atoms with Gasteiger partial charge in [0.25, 0.3) is 0 Å². The molecule has 4 nitrogen and oxygen atoms in total. The number of nitrogens with zero attached hydrogens (tertiary/aromatic N) is 1. The van der Waals surface area contributed by atoms with Gasteiger partial charge in [0.05, 0.1) is 6.10 Å². The molecule has 1 fully saturated rings. The van der Waals surface area contributed by atoms with Gasteiger partial charge in [-0.25, -0.2) is 0 Å². The lowest BCUT2D eigenvalue weighted by Gasteiger charge is -2.26. The summed E-state index contributed by atoms with van der Waals surface area (Å²) in [6.07, 6.45) is 2.36. The first-order valence-corrected chi connectivity index (χ1v) is 7.44. The third-order valence-corrected chi connectivity index (χ3v) is 3.97. The minimum Gasteiger partial charge on any atom is -0.492 e. The van der Waals surface area contributed by atoms with Crippen LogP contribution in [0.1, 0.15) is 18.9 Å². The standard InChI is InChI=1S/C16H26N2O2/c1-13-16(8-11-19-13)18(2)10-12-20-15-5-3-14(4-6-15)7-9-17/h3-6,13,16H,7-12,17H2,1-2H3. The number of rotatable bonds is 7. The Morgan fingerprint density at radius 2 is 2.10 bits per heavy atom. The van der Waals surface area contributed by atoms with Gasteiger partial charge in [-0.05, 0) is 51.1 Å². The Morgan fingerprint density at radius 1 is 1.35 bits per heavy atom. The second-order valence-corrected chi connectivity index (χ2v) is 5.44. The summed E-state index contributed by atoms with van der Waals surface area (Å²) < 4.78 is 11.4. The van der Waals surface area contributed by atoms with E-state index in [1.807, 2.05) is 12.1 Å². The van der Waals surface area contributed by atoms with Crippen molar-refractivity contribution in [3.05, 3.63) is 29.8 Å². The van der Waals surface area contributed by atoms with E-state index in [1.165, 1.54) is 5.56 Å². The van der Waals surface area contributed by atoms with Crippen molar-refractivity contribution < 1.29 is 9.47 Å². The molecule has 112 valence electrons. The maximum Gasteiger partial charge on any atom is 0.119 e. The Balaban J connectivity index is 1.72. The molecular formula is C16H26N2O2. The first kappa shape index (κ1) is 15.3.